The lowest BCUT2D eigenvalue weighted by atomic mass is 9.97. The van der Waals surface area contributed by atoms with Crippen molar-refractivity contribution in [3.05, 3.63) is 59.4 Å². The monoisotopic (exact) mass is 453 g/mol. The van der Waals surface area contributed by atoms with Gasteiger partial charge in [-0.15, -0.1) is 0 Å². The number of benzene rings is 1. The Morgan fingerprint density at radius 3 is 2.63 bits per heavy atom. The molecular weight excluding hydrogens is 430 g/mol. The molecule has 3 N–H and O–H groups in total. The summed E-state index contributed by atoms with van der Waals surface area (Å²) >= 11 is 5.79. The molecule has 0 aliphatic carbocycles. The largest absolute Gasteiger partial charge is 0.394 e. The van der Waals surface area contributed by atoms with Gasteiger partial charge in [0.2, 0.25) is 10.0 Å². The van der Waals surface area contributed by atoms with Gasteiger partial charge in [-0.2, -0.15) is 0 Å². The minimum Gasteiger partial charge on any atom is -0.394 e. The van der Waals surface area contributed by atoms with Crippen molar-refractivity contribution in [2.24, 2.45) is 0 Å². The molecule has 1 aromatic carbocycles. The van der Waals surface area contributed by atoms with E-state index in [2.05, 4.69) is 15.0 Å². The molecule has 0 unspecified atom stereocenters. The first kappa shape index (κ1) is 22.6. The van der Waals surface area contributed by atoms with Crippen LogP contribution in [0.3, 0.4) is 0 Å². The number of amides is 1. The molecule has 1 amide bonds. The highest BCUT2D eigenvalue weighted by molar-refractivity contribution is 7.89. The second kappa shape index (κ2) is 10.3. The van der Waals surface area contributed by atoms with Crippen molar-refractivity contribution in [2.45, 2.75) is 42.4 Å². The van der Waals surface area contributed by atoms with E-state index in [9.17, 15) is 18.3 Å². The highest BCUT2D eigenvalue weighted by Gasteiger charge is 2.32. The minimum absolute atomic E-state index is 0.141. The van der Waals surface area contributed by atoms with E-state index in [1.165, 1.54) is 30.5 Å². The molecule has 2 aromatic rings. The van der Waals surface area contributed by atoms with Crippen LogP contribution in [0.2, 0.25) is 5.02 Å². The summed E-state index contributed by atoms with van der Waals surface area (Å²) in [7, 11) is -3.63. The van der Waals surface area contributed by atoms with E-state index in [0.717, 1.165) is 0 Å². The van der Waals surface area contributed by atoms with Gasteiger partial charge in [-0.25, -0.2) is 13.1 Å². The Bertz CT molecular complexity index is 941. The van der Waals surface area contributed by atoms with Crippen LogP contribution in [-0.2, 0) is 14.8 Å². The zero-order valence-electron chi connectivity index (χ0n) is 16.2. The number of pyridine rings is 1. The van der Waals surface area contributed by atoms with Crippen molar-refractivity contribution in [1.82, 2.24) is 15.0 Å². The number of carbonyl (C=O) groups is 1. The first-order valence-corrected chi connectivity index (χ1v) is 11.5. The van der Waals surface area contributed by atoms with Gasteiger partial charge in [0.15, 0.2) is 0 Å². The summed E-state index contributed by atoms with van der Waals surface area (Å²) in [5.41, 5.74) is 0.299. The molecule has 0 spiro atoms. The van der Waals surface area contributed by atoms with Crippen LogP contribution in [0.5, 0.6) is 0 Å². The number of ether oxygens (including phenoxy) is 1. The summed E-state index contributed by atoms with van der Waals surface area (Å²) in [4.78, 5) is 16.5. The van der Waals surface area contributed by atoms with Crippen LogP contribution < -0.4 is 10.0 Å². The molecule has 1 aliphatic heterocycles. The Labute approximate surface area is 180 Å². The van der Waals surface area contributed by atoms with Crippen LogP contribution in [0.4, 0.5) is 0 Å². The third kappa shape index (κ3) is 5.99. The maximum Gasteiger partial charge on any atom is 0.270 e. The van der Waals surface area contributed by atoms with E-state index in [1.54, 1.807) is 18.2 Å². The van der Waals surface area contributed by atoms with Crippen molar-refractivity contribution in [3.8, 4) is 0 Å². The van der Waals surface area contributed by atoms with Gasteiger partial charge in [-0.1, -0.05) is 17.7 Å². The molecule has 1 fully saturated rings. The van der Waals surface area contributed by atoms with Crippen LogP contribution in [0.1, 0.15) is 29.8 Å². The first-order chi connectivity index (χ1) is 14.4. The number of sulfonamides is 1. The Morgan fingerprint density at radius 2 is 1.97 bits per heavy atom. The molecule has 1 saturated heterocycles. The summed E-state index contributed by atoms with van der Waals surface area (Å²) in [5.74, 6) is -0.322. The molecule has 0 radical (unpaired) electrons. The van der Waals surface area contributed by atoms with E-state index >= 15 is 0 Å². The quantitative estimate of drug-likeness (QED) is 0.560. The van der Waals surface area contributed by atoms with Crippen LogP contribution in [0.15, 0.2) is 53.6 Å². The SMILES string of the molecule is O=C(N[C@H]1CC[C@H](CCNS(=O)(=O)c2ccc(Cl)cc2)O[C@@H]1CO)c1ccccn1. The number of halogens is 1. The molecule has 162 valence electrons. The summed E-state index contributed by atoms with van der Waals surface area (Å²) in [6.07, 6.45) is 2.44. The number of aliphatic hydroxyl groups excluding tert-OH is 1. The van der Waals surface area contributed by atoms with Gasteiger partial charge in [0.25, 0.3) is 5.91 Å². The van der Waals surface area contributed by atoms with Crippen molar-refractivity contribution >= 4 is 27.5 Å². The number of rotatable bonds is 8. The number of carbonyl (C=O) groups excluding carboxylic acids is 1. The molecule has 1 aliphatic rings. The lowest BCUT2D eigenvalue weighted by Crippen LogP contribution is -2.51. The Kier molecular flexibility index (Phi) is 7.79. The Balaban J connectivity index is 1.49. The molecule has 3 rings (SSSR count). The second-order valence-electron chi connectivity index (χ2n) is 6.99. The first-order valence-electron chi connectivity index (χ1n) is 9.62. The molecule has 10 heteroatoms. The van der Waals surface area contributed by atoms with Gasteiger partial charge in [0.1, 0.15) is 11.8 Å². The van der Waals surface area contributed by atoms with Crippen LogP contribution in [-0.4, -0.2) is 55.8 Å². The number of nitrogens with one attached hydrogen (secondary N) is 2. The number of aromatic nitrogens is 1. The maximum atomic E-state index is 12.3. The highest BCUT2D eigenvalue weighted by Crippen LogP contribution is 2.22. The normalized spacial score (nSPS) is 21.9. The average Bonchev–Trinajstić information content (AvgIpc) is 2.75. The van der Waals surface area contributed by atoms with Gasteiger partial charge < -0.3 is 15.2 Å². The number of aliphatic hydroxyl groups is 1. The zero-order valence-corrected chi connectivity index (χ0v) is 17.8. The predicted molar refractivity (Wildman–Crippen MR) is 112 cm³/mol. The van der Waals surface area contributed by atoms with Crippen molar-refractivity contribution in [2.75, 3.05) is 13.2 Å². The minimum atomic E-state index is -3.63. The van der Waals surface area contributed by atoms with Crippen molar-refractivity contribution < 1.29 is 23.1 Å². The summed E-state index contributed by atoms with van der Waals surface area (Å²) in [5, 5.41) is 13.0. The molecule has 3 atom stereocenters. The predicted octanol–water partition coefficient (Wildman–Crippen LogP) is 1.74. The van der Waals surface area contributed by atoms with Crippen LogP contribution in [0.25, 0.3) is 0 Å². The third-order valence-corrected chi connectivity index (χ3v) is 6.62. The van der Waals surface area contributed by atoms with Crippen molar-refractivity contribution in [3.63, 3.8) is 0 Å². The number of hydrogen-bond acceptors (Lipinski definition) is 6. The Hall–Kier alpha value is -2.04. The average molecular weight is 454 g/mol. The standard InChI is InChI=1S/C20H24ClN3O5S/c21-14-4-7-16(8-5-14)30(27,28)23-12-10-15-6-9-17(19(13-25)29-15)24-20(26)18-3-1-2-11-22-18/h1-5,7-8,11,15,17,19,23,25H,6,9-10,12-13H2,(H,24,26)/t15-,17+,19-/m1/s1. The van der Waals surface area contributed by atoms with Gasteiger partial charge in [0.05, 0.1) is 23.6 Å². The van der Waals surface area contributed by atoms with E-state index in [0.29, 0.717) is 30.0 Å². The van der Waals surface area contributed by atoms with Gasteiger partial charge in [0, 0.05) is 17.8 Å². The number of hydrogen-bond donors (Lipinski definition) is 3. The fourth-order valence-electron chi connectivity index (χ4n) is 3.30. The maximum absolute atomic E-state index is 12.3. The third-order valence-electron chi connectivity index (χ3n) is 4.89. The fourth-order valence-corrected chi connectivity index (χ4v) is 4.47. The molecule has 1 aromatic heterocycles. The van der Waals surface area contributed by atoms with E-state index in [1.807, 2.05) is 0 Å². The van der Waals surface area contributed by atoms with Gasteiger partial charge in [-0.3, -0.25) is 9.78 Å². The van der Waals surface area contributed by atoms with E-state index < -0.39 is 16.1 Å². The van der Waals surface area contributed by atoms with Gasteiger partial charge >= 0.3 is 0 Å². The summed E-state index contributed by atoms with van der Waals surface area (Å²) < 4.78 is 33.1. The molecule has 8 nitrogen and oxygen atoms in total. The molecular formula is C20H24ClN3O5S. The van der Waals surface area contributed by atoms with Crippen LogP contribution in [0, 0.1) is 0 Å². The summed E-state index contributed by atoms with van der Waals surface area (Å²) in [6, 6.07) is 10.6. The highest BCUT2D eigenvalue weighted by atomic mass is 35.5. The topological polar surface area (TPSA) is 118 Å². The van der Waals surface area contributed by atoms with Crippen LogP contribution >= 0.6 is 11.6 Å². The molecule has 2 heterocycles. The Morgan fingerprint density at radius 1 is 1.20 bits per heavy atom. The lowest BCUT2D eigenvalue weighted by molar-refractivity contribution is -0.0891. The van der Waals surface area contributed by atoms with Gasteiger partial charge in [-0.05, 0) is 55.7 Å². The zero-order chi connectivity index (χ0) is 21.6. The summed E-state index contributed by atoms with van der Waals surface area (Å²) in [6.45, 7) is -0.0566. The number of nitrogens with zero attached hydrogens (tertiary/aromatic N) is 1. The molecule has 0 bridgehead atoms. The smallest absolute Gasteiger partial charge is 0.270 e. The fraction of sp³-hybridized carbons (Fsp3) is 0.400. The lowest BCUT2D eigenvalue weighted by Gasteiger charge is -2.36. The van der Waals surface area contributed by atoms with E-state index in [4.69, 9.17) is 16.3 Å². The molecule has 0 saturated carbocycles. The second-order valence-corrected chi connectivity index (χ2v) is 9.20. The molecule has 30 heavy (non-hydrogen) atoms. The van der Waals surface area contributed by atoms with Crippen molar-refractivity contribution in [1.29, 1.82) is 0 Å². The van der Waals surface area contributed by atoms with E-state index in [-0.39, 0.29) is 36.1 Å².